The summed E-state index contributed by atoms with van der Waals surface area (Å²) in [6, 6.07) is 7.40. The molecule has 0 fully saturated rings. The Morgan fingerprint density at radius 1 is 1.32 bits per heavy atom. The van der Waals surface area contributed by atoms with Crippen LogP contribution >= 0.6 is 0 Å². The molecule has 3 rings (SSSR count). The van der Waals surface area contributed by atoms with Crippen LogP contribution in [0, 0.1) is 0 Å². The Bertz CT molecular complexity index is 751. The molecule has 2 aromatic heterocycles. The number of carbonyl (C=O) groups is 1. The minimum absolute atomic E-state index is 0.0101. The largest absolute Gasteiger partial charge is 0.481 e. The second-order valence-corrected chi connectivity index (χ2v) is 4.15. The van der Waals surface area contributed by atoms with Crippen molar-refractivity contribution in [3.05, 3.63) is 48.5 Å². The molecule has 6 nitrogen and oxygen atoms in total. The van der Waals surface area contributed by atoms with Crippen molar-refractivity contribution in [2.45, 2.75) is 6.42 Å². The van der Waals surface area contributed by atoms with E-state index in [9.17, 15) is 4.79 Å². The highest BCUT2D eigenvalue weighted by molar-refractivity contribution is 5.72. The maximum Gasteiger partial charge on any atom is 0.307 e. The first-order chi connectivity index (χ1) is 9.22. The minimum atomic E-state index is -0.843. The van der Waals surface area contributed by atoms with Crippen molar-refractivity contribution in [3.8, 4) is 11.1 Å². The molecule has 0 bridgehead atoms. The van der Waals surface area contributed by atoms with Crippen molar-refractivity contribution in [1.82, 2.24) is 19.6 Å². The molecule has 3 aromatic rings. The van der Waals surface area contributed by atoms with E-state index in [-0.39, 0.29) is 6.42 Å². The molecule has 1 aromatic carbocycles. The summed E-state index contributed by atoms with van der Waals surface area (Å²) in [4.78, 5) is 14.9. The maximum absolute atomic E-state index is 10.7. The SMILES string of the molecule is O=C(O)Cc1cccc(-c2cnc3nncn3c2)c1. The number of aliphatic carboxylic acids is 1. The van der Waals surface area contributed by atoms with Gasteiger partial charge in [0.15, 0.2) is 0 Å². The normalized spacial score (nSPS) is 10.7. The van der Waals surface area contributed by atoms with Crippen LogP contribution in [0.2, 0.25) is 0 Å². The van der Waals surface area contributed by atoms with Crippen molar-refractivity contribution in [2.24, 2.45) is 0 Å². The summed E-state index contributed by atoms with van der Waals surface area (Å²) in [6.45, 7) is 0. The summed E-state index contributed by atoms with van der Waals surface area (Å²) >= 11 is 0. The second kappa shape index (κ2) is 4.49. The molecular formula is C13H10N4O2. The van der Waals surface area contributed by atoms with Crippen LogP contribution in [-0.4, -0.2) is 30.7 Å². The van der Waals surface area contributed by atoms with Crippen molar-refractivity contribution >= 4 is 11.7 Å². The number of carboxylic acid groups (broad SMARTS) is 1. The van der Waals surface area contributed by atoms with Gasteiger partial charge >= 0.3 is 5.97 Å². The van der Waals surface area contributed by atoms with E-state index < -0.39 is 5.97 Å². The summed E-state index contributed by atoms with van der Waals surface area (Å²) in [6.07, 6.45) is 5.15. The van der Waals surface area contributed by atoms with Crippen LogP contribution in [-0.2, 0) is 11.2 Å². The van der Waals surface area contributed by atoms with E-state index in [4.69, 9.17) is 5.11 Å². The van der Waals surface area contributed by atoms with E-state index in [1.165, 1.54) is 0 Å². The van der Waals surface area contributed by atoms with Crippen molar-refractivity contribution in [3.63, 3.8) is 0 Å². The van der Waals surface area contributed by atoms with Gasteiger partial charge in [-0.15, -0.1) is 10.2 Å². The molecule has 0 aliphatic heterocycles. The molecule has 0 aliphatic carbocycles. The van der Waals surface area contributed by atoms with Gasteiger partial charge in [0.2, 0.25) is 0 Å². The topological polar surface area (TPSA) is 80.4 Å². The third kappa shape index (κ3) is 2.28. The van der Waals surface area contributed by atoms with Crippen molar-refractivity contribution in [1.29, 1.82) is 0 Å². The van der Waals surface area contributed by atoms with Gasteiger partial charge in [-0.3, -0.25) is 9.20 Å². The van der Waals surface area contributed by atoms with Gasteiger partial charge in [-0.05, 0) is 11.1 Å². The van der Waals surface area contributed by atoms with Gasteiger partial charge in [0.05, 0.1) is 6.42 Å². The van der Waals surface area contributed by atoms with Crippen LogP contribution in [0.5, 0.6) is 0 Å². The first kappa shape index (κ1) is 11.3. The molecule has 0 atom stereocenters. The quantitative estimate of drug-likeness (QED) is 0.764. The Morgan fingerprint density at radius 3 is 3.05 bits per heavy atom. The highest BCUT2D eigenvalue weighted by Gasteiger charge is 2.05. The lowest BCUT2D eigenvalue weighted by molar-refractivity contribution is -0.136. The van der Waals surface area contributed by atoms with Gasteiger partial charge in [-0.2, -0.15) is 0 Å². The van der Waals surface area contributed by atoms with Crippen LogP contribution in [0.25, 0.3) is 16.9 Å². The zero-order chi connectivity index (χ0) is 13.2. The van der Waals surface area contributed by atoms with Crippen LogP contribution < -0.4 is 0 Å². The van der Waals surface area contributed by atoms with Gasteiger partial charge in [0.25, 0.3) is 5.78 Å². The van der Waals surface area contributed by atoms with Gasteiger partial charge in [0, 0.05) is 18.0 Å². The molecule has 6 heteroatoms. The number of aromatic nitrogens is 4. The van der Waals surface area contributed by atoms with Crippen LogP contribution in [0.15, 0.2) is 43.0 Å². The summed E-state index contributed by atoms with van der Waals surface area (Å²) < 4.78 is 1.72. The van der Waals surface area contributed by atoms with E-state index >= 15 is 0 Å². The second-order valence-electron chi connectivity index (χ2n) is 4.15. The lowest BCUT2D eigenvalue weighted by Crippen LogP contribution is -2.00. The Hall–Kier alpha value is -2.76. The number of benzene rings is 1. The molecule has 0 saturated heterocycles. The summed E-state index contributed by atoms with van der Waals surface area (Å²) in [5.74, 6) is -0.310. The number of nitrogens with zero attached hydrogens (tertiary/aromatic N) is 4. The number of carboxylic acids is 1. The molecule has 0 aliphatic rings. The molecule has 19 heavy (non-hydrogen) atoms. The van der Waals surface area contributed by atoms with Crippen LogP contribution in [0.3, 0.4) is 0 Å². The van der Waals surface area contributed by atoms with Gasteiger partial charge in [-0.25, -0.2) is 4.98 Å². The average Bonchev–Trinajstić information content (AvgIpc) is 2.85. The Balaban J connectivity index is 2.02. The number of rotatable bonds is 3. The highest BCUT2D eigenvalue weighted by atomic mass is 16.4. The van der Waals surface area contributed by atoms with Crippen molar-refractivity contribution in [2.75, 3.05) is 0 Å². The molecule has 1 N–H and O–H groups in total. The molecule has 0 radical (unpaired) electrons. The molecule has 2 heterocycles. The first-order valence-corrected chi connectivity index (χ1v) is 5.69. The van der Waals surface area contributed by atoms with Crippen LogP contribution in [0.1, 0.15) is 5.56 Å². The molecular weight excluding hydrogens is 244 g/mol. The fourth-order valence-corrected chi connectivity index (χ4v) is 1.91. The highest BCUT2D eigenvalue weighted by Crippen LogP contribution is 2.20. The summed E-state index contributed by atoms with van der Waals surface area (Å²) in [5, 5.41) is 16.4. The van der Waals surface area contributed by atoms with E-state index in [0.717, 1.165) is 16.7 Å². The Labute approximate surface area is 108 Å². The maximum atomic E-state index is 10.7. The fraction of sp³-hybridized carbons (Fsp3) is 0.0769. The predicted molar refractivity (Wildman–Crippen MR) is 67.6 cm³/mol. The zero-order valence-corrected chi connectivity index (χ0v) is 9.89. The van der Waals surface area contributed by atoms with E-state index in [2.05, 4.69) is 15.2 Å². The minimum Gasteiger partial charge on any atom is -0.481 e. The van der Waals surface area contributed by atoms with E-state index in [1.807, 2.05) is 24.4 Å². The predicted octanol–water partition coefficient (Wildman–Crippen LogP) is 1.42. The molecule has 0 amide bonds. The van der Waals surface area contributed by atoms with Gasteiger partial charge in [-0.1, -0.05) is 24.3 Å². The van der Waals surface area contributed by atoms with E-state index in [0.29, 0.717) is 5.78 Å². The third-order valence-corrected chi connectivity index (χ3v) is 2.77. The first-order valence-electron chi connectivity index (χ1n) is 5.69. The Kier molecular flexibility index (Phi) is 2.68. The van der Waals surface area contributed by atoms with Crippen molar-refractivity contribution < 1.29 is 9.90 Å². The number of hydrogen-bond acceptors (Lipinski definition) is 4. The number of fused-ring (bicyclic) bond motifs is 1. The van der Waals surface area contributed by atoms with E-state index in [1.54, 1.807) is 23.0 Å². The fourth-order valence-electron chi connectivity index (χ4n) is 1.91. The average molecular weight is 254 g/mol. The lowest BCUT2D eigenvalue weighted by atomic mass is 10.0. The summed E-state index contributed by atoms with van der Waals surface area (Å²) in [5.41, 5.74) is 2.57. The standard InChI is InChI=1S/C13H10N4O2/c18-12(19)5-9-2-1-3-10(4-9)11-6-14-13-16-15-8-17(13)7-11/h1-4,6-8H,5H2,(H,18,19). The zero-order valence-electron chi connectivity index (χ0n) is 9.89. The monoisotopic (exact) mass is 254 g/mol. The molecule has 0 saturated carbocycles. The lowest BCUT2D eigenvalue weighted by Gasteiger charge is -2.04. The smallest absolute Gasteiger partial charge is 0.307 e. The van der Waals surface area contributed by atoms with Gasteiger partial charge in [0.1, 0.15) is 6.33 Å². The van der Waals surface area contributed by atoms with Crippen LogP contribution in [0.4, 0.5) is 0 Å². The molecule has 94 valence electrons. The van der Waals surface area contributed by atoms with Gasteiger partial charge < -0.3 is 5.11 Å². The number of hydrogen-bond donors (Lipinski definition) is 1. The third-order valence-electron chi connectivity index (χ3n) is 2.77. The molecule has 0 spiro atoms. The molecule has 0 unspecified atom stereocenters. The summed E-state index contributed by atoms with van der Waals surface area (Å²) in [7, 11) is 0. The Morgan fingerprint density at radius 2 is 2.21 bits per heavy atom.